The van der Waals surface area contributed by atoms with Crippen molar-refractivity contribution < 1.29 is 9.53 Å². The average Bonchev–Trinajstić information content (AvgIpc) is 2.98. The maximum atomic E-state index is 11.3. The van der Waals surface area contributed by atoms with Gasteiger partial charge in [-0.25, -0.2) is 9.78 Å². The van der Waals surface area contributed by atoms with Crippen molar-refractivity contribution in [1.29, 1.82) is 0 Å². The number of aromatic amines is 1. The van der Waals surface area contributed by atoms with Crippen LogP contribution in [0.25, 0.3) is 0 Å². The Morgan fingerprint density at radius 3 is 3.00 bits per heavy atom. The highest BCUT2D eigenvalue weighted by molar-refractivity contribution is 5.84. The molecule has 17 heavy (non-hydrogen) atoms. The monoisotopic (exact) mass is 238 g/mol. The molecule has 6 heteroatoms. The molecule has 0 unspecified atom stereocenters. The van der Waals surface area contributed by atoms with Crippen LogP contribution in [-0.4, -0.2) is 33.8 Å². The number of carbonyl (C=O) groups is 1. The van der Waals surface area contributed by atoms with Crippen molar-refractivity contribution >= 4 is 5.97 Å². The Bertz CT molecular complexity index is 371. The lowest BCUT2D eigenvalue weighted by Crippen LogP contribution is -2.25. The van der Waals surface area contributed by atoms with E-state index in [0.29, 0.717) is 25.0 Å². The van der Waals surface area contributed by atoms with Crippen LogP contribution in [0.3, 0.4) is 0 Å². The summed E-state index contributed by atoms with van der Waals surface area (Å²) in [7, 11) is 0. The molecular weight excluding hydrogens is 220 g/mol. The minimum atomic E-state index is -0.476. The maximum Gasteiger partial charge on any atom is 0.378 e. The lowest BCUT2D eigenvalue weighted by Gasteiger charge is -2.09. The van der Waals surface area contributed by atoms with Gasteiger partial charge in [0.15, 0.2) is 0 Å². The fraction of sp³-hybridized carbons (Fsp3) is 0.727. The summed E-state index contributed by atoms with van der Waals surface area (Å²) < 4.78 is 4.81. The minimum Gasteiger partial charge on any atom is -0.460 e. The zero-order valence-electron chi connectivity index (χ0n) is 10.0. The Kier molecular flexibility index (Phi) is 4.08. The van der Waals surface area contributed by atoms with Gasteiger partial charge in [-0.1, -0.05) is 12.8 Å². The lowest BCUT2D eigenvalue weighted by atomic mass is 10.2. The van der Waals surface area contributed by atoms with Crippen LogP contribution >= 0.6 is 0 Å². The van der Waals surface area contributed by atoms with Gasteiger partial charge >= 0.3 is 5.97 Å². The largest absolute Gasteiger partial charge is 0.460 e. The number of carbonyl (C=O) groups excluding carboxylic acids is 1. The molecule has 0 atom stereocenters. The Balaban J connectivity index is 1.83. The van der Waals surface area contributed by atoms with Crippen LogP contribution in [-0.2, 0) is 11.3 Å². The van der Waals surface area contributed by atoms with Crippen molar-refractivity contribution in [1.82, 2.24) is 20.5 Å². The molecule has 1 heterocycles. The lowest BCUT2D eigenvalue weighted by molar-refractivity contribution is 0.0512. The highest BCUT2D eigenvalue weighted by atomic mass is 16.5. The normalized spacial score (nSPS) is 16.3. The molecule has 0 saturated heterocycles. The van der Waals surface area contributed by atoms with Gasteiger partial charge in [0, 0.05) is 6.04 Å². The van der Waals surface area contributed by atoms with E-state index >= 15 is 0 Å². The summed E-state index contributed by atoms with van der Waals surface area (Å²) >= 11 is 0. The Morgan fingerprint density at radius 1 is 1.53 bits per heavy atom. The number of hydrogen-bond donors (Lipinski definition) is 2. The van der Waals surface area contributed by atoms with Crippen LogP contribution in [0.1, 0.15) is 49.1 Å². The van der Waals surface area contributed by atoms with E-state index in [2.05, 4.69) is 20.5 Å². The number of esters is 1. The molecule has 94 valence electrons. The predicted molar refractivity (Wildman–Crippen MR) is 61.4 cm³/mol. The second-order valence-corrected chi connectivity index (χ2v) is 4.19. The van der Waals surface area contributed by atoms with Gasteiger partial charge in [-0.05, 0) is 19.8 Å². The van der Waals surface area contributed by atoms with Crippen LogP contribution in [0.15, 0.2) is 0 Å². The van der Waals surface area contributed by atoms with Crippen LogP contribution in [0.4, 0.5) is 0 Å². The number of nitrogens with one attached hydrogen (secondary N) is 2. The summed E-state index contributed by atoms with van der Waals surface area (Å²) in [5.74, 6) is 0.311. The quantitative estimate of drug-likeness (QED) is 0.748. The molecule has 2 N–H and O–H groups in total. The van der Waals surface area contributed by atoms with Gasteiger partial charge in [0.05, 0.1) is 13.2 Å². The smallest absolute Gasteiger partial charge is 0.378 e. The molecule has 0 aliphatic heterocycles. The van der Waals surface area contributed by atoms with Crippen molar-refractivity contribution in [3.05, 3.63) is 11.6 Å². The molecular formula is C11H18N4O2. The molecule has 2 rings (SSSR count). The van der Waals surface area contributed by atoms with Gasteiger partial charge in [0.25, 0.3) is 5.82 Å². The number of aromatic nitrogens is 3. The first-order chi connectivity index (χ1) is 8.29. The number of H-pyrrole nitrogens is 1. The molecule has 0 amide bonds. The predicted octanol–water partition coefficient (Wildman–Crippen LogP) is 1.01. The third-order valence-corrected chi connectivity index (χ3v) is 2.90. The number of ether oxygens (including phenoxy) is 1. The molecule has 0 bridgehead atoms. The first kappa shape index (κ1) is 12.0. The summed E-state index contributed by atoms with van der Waals surface area (Å²) in [6.45, 7) is 2.72. The fourth-order valence-electron chi connectivity index (χ4n) is 2.03. The van der Waals surface area contributed by atoms with Crippen molar-refractivity contribution in [2.75, 3.05) is 6.61 Å². The second-order valence-electron chi connectivity index (χ2n) is 4.19. The zero-order valence-corrected chi connectivity index (χ0v) is 10.0. The summed E-state index contributed by atoms with van der Waals surface area (Å²) in [4.78, 5) is 15.4. The molecule has 1 fully saturated rings. The van der Waals surface area contributed by atoms with E-state index in [1.807, 2.05) is 0 Å². The standard InChI is InChI=1S/C11H18N4O2/c1-2-17-11(16)10-13-9(14-15-10)7-12-8-5-3-4-6-8/h8,12H,2-7H2,1H3,(H,13,14,15). The SMILES string of the molecule is CCOC(=O)c1n[nH]c(CNC2CCCC2)n1. The molecule has 6 nitrogen and oxygen atoms in total. The maximum absolute atomic E-state index is 11.3. The Morgan fingerprint density at radius 2 is 2.29 bits per heavy atom. The molecule has 1 aliphatic rings. The van der Waals surface area contributed by atoms with Gasteiger partial charge in [-0.15, -0.1) is 5.10 Å². The van der Waals surface area contributed by atoms with Gasteiger partial charge in [-0.3, -0.25) is 5.10 Å². The summed E-state index contributed by atoms with van der Waals surface area (Å²) in [5.41, 5.74) is 0. The topological polar surface area (TPSA) is 79.9 Å². The fourth-order valence-corrected chi connectivity index (χ4v) is 2.03. The van der Waals surface area contributed by atoms with Crippen LogP contribution < -0.4 is 5.32 Å². The first-order valence-electron chi connectivity index (χ1n) is 6.11. The number of rotatable bonds is 5. The Hall–Kier alpha value is -1.43. The van der Waals surface area contributed by atoms with Crippen LogP contribution in [0.5, 0.6) is 0 Å². The molecule has 1 saturated carbocycles. The average molecular weight is 238 g/mol. The molecule has 1 aromatic heterocycles. The summed E-state index contributed by atoms with van der Waals surface area (Å²) in [5, 5.41) is 9.97. The number of nitrogens with zero attached hydrogens (tertiary/aromatic N) is 2. The molecule has 1 aromatic rings. The molecule has 0 spiro atoms. The third-order valence-electron chi connectivity index (χ3n) is 2.90. The minimum absolute atomic E-state index is 0.107. The van der Waals surface area contributed by atoms with Crippen molar-refractivity contribution in [2.24, 2.45) is 0 Å². The zero-order chi connectivity index (χ0) is 12.1. The highest BCUT2D eigenvalue weighted by Crippen LogP contribution is 2.17. The molecule has 0 radical (unpaired) electrons. The van der Waals surface area contributed by atoms with Crippen molar-refractivity contribution in [3.63, 3.8) is 0 Å². The van der Waals surface area contributed by atoms with Crippen LogP contribution in [0, 0.1) is 0 Å². The Labute approximate surface area is 100 Å². The van der Waals surface area contributed by atoms with E-state index in [9.17, 15) is 4.79 Å². The van der Waals surface area contributed by atoms with Gasteiger partial charge in [0.1, 0.15) is 5.82 Å². The van der Waals surface area contributed by atoms with Gasteiger partial charge in [0.2, 0.25) is 0 Å². The highest BCUT2D eigenvalue weighted by Gasteiger charge is 2.16. The van der Waals surface area contributed by atoms with Gasteiger partial charge < -0.3 is 10.1 Å². The summed E-state index contributed by atoms with van der Waals surface area (Å²) in [6, 6.07) is 0.575. The van der Waals surface area contributed by atoms with E-state index in [1.165, 1.54) is 25.7 Å². The number of hydrogen-bond acceptors (Lipinski definition) is 5. The third kappa shape index (κ3) is 3.26. The van der Waals surface area contributed by atoms with E-state index in [-0.39, 0.29) is 5.82 Å². The van der Waals surface area contributed by atoms with Crippen molar-refractivity contribution in [2.45, 2.75) is 45.2 Å². The van der Waals surface area contributed by atoms with Crippen LogP contribution in [0.2, 0.25) is 0 Å². The van der Waals surface area contributed by atoms with Gasteiger partial charge in [-0.2, -0.15) is 0 Å². The molecule has 1 aliphatic carbocycles. The van der Waals surface area contributed by atoms with E-state index in [1.54, 1.807) is 6.92 Å². The second kappa shape index (κ2) is 5.77. The molecule has 0 aromatic carbocycles. The van der Waals surface area contributed by atoms with Crippen molar-refractivity contribution in [3.8, 4) is 0 Å². The van der Waals surface area contributed by atoms with E-state index in [4.69, 9.17) is 4.74 Å². The van der Waals surface area contributed by atoms with E-state index < -0.39 is 5.97 Å². The first-order valence-corrected chi connectivity index (χ1v) is 6.11. The van der Waals surface area contributed by atoms with E-state index in [0.717, 1.165) is 0 Å². The summed E-state index contributed by atoms with van der Waals surface area (Å²) in [6.07, 6.45) is 5.03.